The van der Waals surface area contributed by atoms with E-state index in [1.54, 1.807) is 65.6 Å². The summed E-state index contributed by atoms with van der Waals surface area (Å²) in [5.74, 6) is -0.620. The number of amides is 1. The number of carbonyl (C=O) groups is 3. The summed E-state index contributed by atoms with van der Waals surface area (Å²) in [6, 6.07) is 30.0. The fraction of sp³-hybridized carbons (Fsp3) is 0.194. The molecule has 7 nitrogen and oxygen atoms in total. The van der Waals surface area contributed by atoms with E-state index in [1.807, 2.05) is 68.4 Å². The highest BCUT2D eigenvalue weighted by Gasteiger charge is 2.21. The number of carbonyl (C=O) groups excluding carboxylic acids is 2. The number of carboxylic acid groups (broad SMARTS) is 1. The van der Waals surface area contributed by atoms with Gasteiger partial charge in [0, 0.05) is 35.5 Å². The Kier molecular flexibility index (Phi) is 10.9. The highest BCUT2D eigenvalue weighted by molar-refractivity contribution is 6.12. The molecule has 4 aromatic carbocycles. The average molecular weight is 577 g/mol. The number of hydrogen-bond donors (Lipinski definition) is 2. The van der Waals surface area contributed by atoms with Gasteiger partial charge in [-0.25, -0.2) is 4.79 Å². The van der Waals surface area contributed by atoms with Gasteiger partial charge in [-0.05, 0) is 73.9 Å². The molecule has 0 saturated carbocycles. The standard InChI is InChI=1S/C36H36N2O5/c1-3-11-34(39)38(29-15-9-12-26(2)24-29)22-10-23-43-30-20-18-27(19-21-30)25-33(36(41)42)37-32-17-8-7-16-31(32)35(40)28-13-5-4-6-14-28/h3-9,11-21,24,33,37H,10,22-23,25H2,1-2H3,(H,41,42)/b11-3+/t33-/m0/s1. The predicted molar refractivity (Wildman–Crippen MR) is 170 cm³/mol. The maximum atomic E-state index is 13.1. The van der Waals surface area contributed by atoms with E-state index >= 15 is 0 Å². The molecule has 43 heavy (non-hydrogen) atoms. The van der Waals surface area contributed by atoms with Crippen LogP contribution in [-0.4, -0.2) is 42.0 Å². The number of carboxylic acids is 1. The van der Waals surface area contributed by atoms with Crippen LogP contribution in [0, 0.1) is 6.92 Å². The Morgan fingerprint density at radius 1 is 0.907 bits per heavy atom. The molecule has 0 fully saturated rings. The number of rotatable bonds is 14. The van der Waals surface area contributed by atoms with Crippen molar-refractivity contribution < 1.29 is 24.2 Å². The van der Waals surface area contributed by atoms with Crippen molar-refractivity contribution in [1.29, 1.82) is 0 Å². The minimum Gasteiger partial charge on any atom is -0.494 e. The monoisotopic (exact) mass is 576 g/mol. The van der Waals surface area contributed by atoms with Crippen molar-refractivity contribution in [2.24, 2.45) is 0 Å². The second-order valence-corrected chi connectivity index (χ2v) is 10.2. The highest BCUT2D eigenvalue weighted by atomic mass is 16.5. The molecule has 0 aliphatic rings. The van der Waals surface area contributed by atoms with Gasteiger partial charge in [-0.3, -0.25) is 9.59 Å². The van der Waals surface area contributed by atoms with Crippen LogP contribution in [0.4, 0.5) is 11.4 Å². The molecule has 4 rings (SSSR count). The number of allylic oxidation sites excluding steroid dienone is 1. The third-order valence-electron chi connectivity index (χ3n) is 6.88. The van der Waals surface area contributed by atoms with Crippen LogP contribution in [0.25, 0.3) is 0 Å². The zero-order valence-electron chi connectivity index (χ0n) is 24.4. The summed E-state index contributed by atoms with van der Waals surface area (Å²) in [5.41, 5.74) is 4.15. The Balaban J connectivity index is 1.35. The van der Waals surface area contributed by atoms with Crippen LogP contribution in [0.2, 0.25) is 0 Å². The van der Waals surface area contributed by atoms with E-state index in [2.05, 4.69) is 5.32 Å². The number of aryl methyl sites for hydroxylation is 1. The fourth-order valence-corrected chi connectivity index (χ4v) is 4.70. The lowest BCUT2D eigenvalue weighted by molar-refractivity contribution is -0.137. The summed E-state index contributed by atoms with van der Waals surface area (Å²) in [6.45, 7) is 4.73. The first-order valence-corrected chi connectivity index (χ1v) is 14.3. The van der Waals surface area contributed by atoms with E-state index in [9.17, 15) is 19.5 Å². The molecule has 0 spiro atoms. The van der Waals surface area contributed by atoms with Crippen molar-refractivity contribution in [1.82, 2.24) is 0 Å². The number of ether oxygens (including phenoxy) is 1. The summed E-state index contributed by atoms with van der Waals surface area (Å²) < 4.78 is 5.92. The Morgan fingerprint density at radius 2 is 1.63 bits per heavy atom. The Bertz CT molecular complexity index is 1560. The topological polar surface area (TPSA) is 95.9 Å². The number of nitrogens with one attached hydrogen (secondary N) is 1. The molecule has 4 aromatic rings. The molecule has 7 heteroatoms. The molecule has 1 amide bonds. The van der Waals surface area contributed by atoms with E-state index < -0.39 is 12.0 Å². The van der Waals surface area contributed by atoms with Gasteiger partial charge >= 0.3 is 5.97 Å². The van der Waals surface area contributed by atoms with Gasteiger partial charge in [-0.2, -0.15) is 0 Å². The maximum Gasteiger partial charge on any atom is 0.326 e. The van der Waals surface area contributed by atoms with Gasteiger partial charge in [0.2, 0.25) is 0 Å². The zero-order chi connectivity index (χ0) is 30.6. The van der Waals surface area contributed by atoms with Crippen LogP contribution < -0.4 is 15.0 Å². The Hall–Kier alpha value is -5.17. The lowest BCUT2D eigenvalue weighted by atomic mass is 10.00. The van der Waals surface area contributed by atoms with Crippen molar-refractivity contribution in [3.8, 4) is 5.75 Å². The minimum absolute atomic E-state index is 0.0777. The van der Waals surface area contributed by atoms with Gasteiger partial charge in [0.1, 0.15) is 11.8 Å². The minimum atomic E-state index is -1.02. The first-order valence-electron chi connectivity index (χ1n) is 14.3. The van der Waals surface area contributed by atoms with E-state index in [4.69, 9.17) is 4.74 Å². The SMILES string of the molecule is C/C=C/C(=O)N(CCCOc1ccc(C[C@H](Nc2ccccc2C(=O)c2ccccc2)C(=O)O)cc1)c1cccc(C)c1. The number of hydrogen-bond acceptors (Lipinski definition) is 5. The van der Waals surface area contributed by atoms with Gasteiger partial charge in [-0.1, -0.05) is 72.8 Å². The summed E-state index contributed by atoms with van der Waals surface area (Å²) in [6.07, 6.45) is 4.13. The van der Waals surface area contributed by atoms with Crippen LogP contribution in [0.5, 0.6) is 5.75 Å². The lowest BCUT2D eigenvalue weighted by Crippen LogP contribution is -2.32. The van der Waals surface area contributed by atoms with E-state index in [0.717, 1.165) is 16.8 Å². The number of nitrogens with zero attached hydrogens (tertiary/aromatic N) is 1. The highest BCUT2D eigenvalue weighted by Crippen LogP contribution is 2.22. The van der Waals surface area contributed by atoms with Crippen molar-refractivity contribution >= 4 is 29.0 Å². The summed E-state index contributed by atoms with van der Waals surface area (Å²) in [4.78, 5) is 39.6. The molecular formula is C36H36N2O5. The first-order chi connectivity index (χ1) is 20.9. The summed E-state index contributed by atoms with van der Waals surface area (Å²) in [7, 11) is 0. The van der Waals surface area contributed by atoms with Crippen LogP contribution in [-0.2, 0) is 16.0 Å². The third kappa shape index (κ3) is 8.66. The number of ketones is 1. The molecule has 0 heterocycles. The van der Waals surface area contributed by atoms with Crippen LogP contribution >= 0.6 is 0 Å². The van der Waals surface area contributed by atoms with Gasteiger partial charge in [0.15, 0.2) is 5.78 Å². The molecule has 0 aromatic heterocycles. The van der Waals surface area contributed by atoms with E-state index in [-0.39, 0.29) is 18.1 Å². The molecule has 0 aliphatic heterocycles. The summed E-state index contributed by atoms with van der Waals surface area (Å²) in [5, 5.41) is 13.0. The smallest absolute Gasteiger partial charge is 0.326 e. The van der Waals surface area contributed by atoms with Gasteiger partial charge < -0.3 is 20.1 Å². The number of aliphatic carboxylic acids is 1. The molecule has 0 unspecified atom stereocenters. The second-order valence-electron chi connectivity index (χ2n) is 10.2. The molecule has 0 saturated heterocycles. The fourth-order valence-electron chi connectivity index (χ4n) is 4.70. The normalized spacial score (nSPS) is 11.6. The quantitative estimate of drug-likeness (QED) is 0.0984. The summed E-state index contributed by atoms with van der Waals surface area (Å²) >= 11 is 0. The van der Waals surface area contributed by atoms with Gasteiger partial charge in [0.25, 0.3) is 5.91 Å². The van der Waals surface area contributed by atoms with Crippen molar-refractivity contribution in [2.75, 3.05) is 23.4 Å². The number of anilines is 2. The molecule has 0 aliphatic carbocycles. The molecule has 220 valence electrons. The molecule has 0 radical (unpaired) electrons. The first kappa shape index (κ1) is 30.8. The van der Waals surface area contributed by atoms with Crippen molar-refractivity contribution in [3.05, 3.63) is 138 Å². The Labute approximate surface area is 252 Å². The van der Waals surface area contributed by atoms with Crippen LogP contribution in [0.3, 0.4) is 0 Å². The maximum absolute atomic E-state index is 13.1. The molecule has 0 bridgehead atoms. The third-order valence-corrected chi connectivity index (χ3v) is 6.88. The zero-order valence-corrected chi connectivity index (χ0v) is 24.4. The van der Waals surface area contributed by atoms with E-state index in [0.29, 0.717) is 42.1 Å². The van der Waals surface area contributed by atoms with Gasteiger partial charge in [-0.15, -0.1) is 0 Å². The average Bonchev–Trinajstić information content (AvgIpc) is 3.02. The number of benzene rings is 4. The van der Waals surface area contributed by atoms with E-state index in [1.165, 1.54) is 0 Å². The largest absolute Gasteiger partial charge is 0.494 e. The van der Waals surface area contributed by atoms with Crippen LogP contribution in [0.1, 0.15) is 40.4 Å². The molecule has 2 N–H and O–H groups in total. The Morgan fingerprint density at radius 3 is 2.33 bits per heavy atom. The predicted octanol–water partition coefficient (Wildman–Crippen LogP) is 6.71. The van der Waals surface area contributed by atoms with Gasteiger partial charge in [0.05, 0.1) is 6.61 Å². The van der Waals surface area contributed by atoms with Crippen molar-refractivity contribution in [3.63, 3.8) is 0 Å². The molecular weight excluding hydrogens is 540 g/mol. The lowest BCUT2D eigenvalue weighted by Gasteiger charge is -2.22. The number of para-hydroxylation sites is 1. The van der Waals surface area contributed by atoms with Crippen LogP contribution in [0.15, 0.2) is 115 Å². The second kappa shape index (κ2) is 15.2. The van der Waals surface area contributed by atoms with Crippen molar-refractivity contribution in [2.45, 2.75) is 32.7 Å². The molecule has 1 atom stereocenters.